The molecule has 0 aliphatic heterocycles. The zero-order chi connectivity index (χ0) is 12.0. The number of hydrogen-bond donors (Lipinski definition) is 0. The van der Waals surface area contributed by atoms with E-state index in [0.717, 1.165) is 11.3 Å². The number of rotatable bonds is 6. The van der Waals surface area contributed by atoms with E-state index < -0.39 is 0 Å². The summed E-state index contributed by atoms with van der Waals surface area (Å²) in [6.07, 6.45) is 0.528. The fourth-order valence-corrected chi connectivity index (χ4v) is 1.68. The van der Waals surface area contributed by atoms with Gasteiger partial charge in [-0.05, 0) is 29.7 Å². The predicted octanol–water partition coefficient (Wildman–Crippen LogP) is 2.27. The fraction of sp³-hybridized carbons (Fsp3) is 0.417. The Labute approximate surface area is 100 Å². The molecule has 0 saturated heterocycles. The quantitative estimate of drug-likeness (QED) is 0.718. The lowest BCUT2D eigenvalue weighted by Gasteiger charge is -2.13. The third-order valence-electron chi connectivity index (χ3n) is 2.35. The van der Waals surface area contributed by atoms with Crippen LogP contribution in [-0.2, 0) is 16.0 Å². The van der Waals surface area contributed by atoms with Crippen LogP contribution >= 0.6 is 11.6 Å². The number of benzene rings is 1. The second-order valence-electron chi connectivity index (χ2n) is 3.47. The van der Waals surface area contributed by atoms with Gasteiger partial charge in [-0.2, -0.15) is 0 Å². The molecule has 1 rings (SSSR count). The molecule has 88 valence electrons. The SMILES string of the molecule is COCC(Cc1ccccc1OC)C(=O)Cl. The largest absolute Gasteiger partial charge is 0.496 e. The first-order valence-corrected chi connectivity index (χ1v) is 5.37. The second kappa shape index (κ2) is 6.51. The standard InChI is InChI=1S/C12H15ClO3/c1-15-8-10(12(13)14)7-9-5-3-4-6-11(9)16-2/h3-6,10H,7-8H2,1-2H3. The Bertz CT molecular complexity index is 352. The summed E-state index contributed by atoms with van der Waals surface area (Å²) in [4.78, 5) is 11.2. The molecule has 0 N–H and O–H groups in total. The fourth-order valence-electron chi connectivity index (χ4n) is 1.54. The molecule has 0 saturated carbocycles. The molecular weight excluding hydrogens is 228 g/mol. The molecule has 0 heterocycles. The van der Waals surface area contributed by atoms with Crippen LogP contribution in [0, 0.1) is 5.92 Å². The normalized spacial score (nSPS) is 12.2. The van der Waals surface area contributed by atoms with Crippen LogP contribution in [0.25, 0.3) is 0 Å². The van der Waals surface area contributed by atoms with Gasteiger partial charge in [-0.15, -0.1) is 0 Å². The number of para-hydroxylation sites is 1. The van der Waals surface area contributed by atoms with Crippen molar-refractivity contribution in [3.63, 3.8) is 0 Å². The van der Waals surface area contributed by atoms with E-state index in [1.807, 2.05) is 24.3 Å². The van der Waals surface area contributed by atoms with Gasteiger partial charge in [0.15, 0.2) is 0 Å². The van der Waals surface area contributed by atoms with E-state index in [-0.39, 0.29) is 11.2 Å². The molecule has 0 aromatic heterocycles. The minimum atomic E-state index is -0.382. The Morgan fingerprint density at radius 3 is 2.62 bits per heavy atom. The Balaban J connectivity index is 2.80. The Kier molecular flexibility index (Phi) is 5.29. The highest BCUT2D eigenvalue weighted by Gasteiger charge is 2.18. The molecule has 0 bridgehead atoms. The van der Waals surface area contributed by atoms with E-state index in [2.05, 4.69) is 0 Å². The van der Waals surface area contributed by atoms with Crippen molar-refractivity contribution in [2.75, 3.05) is 20.8 Å². The molecule has 4 heteroatoms. The average molecular weight is 243 g/mol. The van der Waals surface area contributed by atoms with Crippen LogP contribution in [0.4, 0.5) is 0 Å². The lowest BCUT2D eigenvalue weighted by Crippen LogP contribution is -2.18. The van der Waals surface area contributed by atoms with E-state index in [0.29, 0.717) is 13.0 Å². The highest BCUT2D eigenvalue weighted by Crippen LogP contribution is 2.22. The van der Waals surface area contributed by atoms with Crippen LogP contribution in [0.3, 0.4) is 0 Å². The van der Waals surface area contributed by atoms with Crippen molar-refractivity contribution in [1.29, 1.82) is 0 Å². The molecule has 16 heavy (non-hydrogen) atoms. The van der Waals surface area contributed by atoms with Gasteiger partial charge in [0.2, 0.25) is 5.24 Å². The summed E-state index contributed by atoms with van der Waals surface area (Å²) in [5.74, 6) is 0.435. The van der Waals surface area contributed by atoms with Gasteiger partial charge in [-0.1, -0.05) is 18.2 Å². The first-order valence-electron chi connectivity index (χ1n) is 4.99. The number of carbonyl (C=O) groups is 1. The minimum absolute atomic E-state index is 0.320. The van der Waals surface area contributed by atoms with Crippen molar-refractivity contribution in [3.05, 3.63) is 29.8 Å². The summed E-state index contributed by atoms with van der Waals surface area (Å²) in [5, 5.41) is -0.382. The molecule has 0 spiro atoms. The van der Waals surface area contributed by atoms with Crippen LogP contribution in [0.2, 0.25) is 0 Å². The third-order valence-corrected chi connectivity index (χ3v) is 2.66. The van der Waals surface area contributed by atoms with Crippen LogP contribution < -0.4 is 4.74 Å². The van der Waals surface area contributed by atoms with Crippen molar-refractivity contribution in [3.8, 4) is 5.75 Å². The summed E-state index contributed by atoms with van der Waals surface area (Å²) >= 11 is 5.51. The first kappa shape index (κ1) is 13.0. The maximum Gasteiger partial charge on any atom is 0.227 e. The molecule has 0 radical (unpaired) electrons. The van der Waals surface area contributed by atoms with Crippen molar-refractivity contribution >= 4 is 16.8 Å². The van der Waals surface area contributed by atoms with Gasteiger partial charge in [0.25, 0.3) is 0 Å². The Hall–Kier alpha value is -1.06. The number of halogens is 1. The molecule has 1 atom stereocenters. The van der Waals surface area contributed by atoms with Crippen LogP contribution in [0.15, 0.2) is 24.3 Å². The number of methoxy groups -OCH3 is 2. The van der Waals surface area contributed by atoms with Gasteiger partial charge in [0.05, 0.1) is 19.6 Å². The maximum absolute atomic E-state index is 11.2. The Morgan fingerprint density at radius 2 is 2.06 bits per heavy atom. The van der Waals surface area contributed by atoms with E-state index in [9.17, 15) is 4.79 Å². The molecule has 1 unspecified atom stereocenters. The van der Waals surface area contributed by atoms with Gasteiger partial charge in [-0.3, -0.25) is 4.79 Å². The van der Waals surface area contributed by atoms with E-state index in [1.165, 1.54) is 0 Å². The zero-order valence-electron chi connectivity index (χ0n) is 9.40. The van der Waals surface area contributed by atoms with Crippen molar-refractivity contribution in [2.24, 2.45) is 5.92 Å². The molecule has 1 aromatic rings. The van der Waals surface area contributed by atoms with Gasteiger partial charge in [-0.25, -0.2) is 0 Å². The molecule has 1 aromatic carbocycles. The van der Waals surface area contributed by atoms with E-state index in [4.69, 9.17) is 21.1 Å². The van der Waals surface area contributed by atoms with Gasteiger partial charge >= 0.3 is 0 Å². The van der Waals surface area contributed by atoms with Crippen LogP contribution in [0.1, 0.15) is 5.56 Å². The van der Waals surface area contributed by atoms with Crippen molar-refractivity contribution in [1.82, 2.24) is 0 Å². The molecule has 0 amide bonds. The topological polar surface area (TPSA) is 35.5 Å². The first-order chi connectivity index (χ1) is 7.69. The summed E-state index contributed by atoms with van der Waals surface area (Å²) in [6, 6.07) is 7.57. The summed E-state index contributed by atoms with van der Waals surface area (Å²) in [7, 11) is 3.15. The second-order valence-corrected chi connectivity index (χ2v) is 3.84. The lowest BCUT2D eigenvalue weighted by atomic mass is 10.0. The minimum Gasteiger partial charge on any atom is -0.496 e. The maximum atomic E-state index is 11.2. The monoisotopic (exact) mass is 242 g/mol. The Morgan fingerprint density at radius 1 is 1.38 bits per heavy atom. The van der Waals surface area contributed by atoms with Gasteiger partial charge in [0.1, 0.15) is 5.75 Å². The van der Waals surface area contributed by atoms with Gasteiger partial charge in [0, 0.05) is 7.11 Å². The number of hydrogen-bond acceptors (Lipinski definition) is 3. The molecule has 0 aliphatic rings. The van der Waals surface area contributed by atoms with Crippen LogP contribution in [0.5, 0.6) is 5.75 Å². The molecule has 0 aliphatic carbocycles. The number of ether oxygens (including phenoxy) is 2. The number of carbonyl (C=O) groups excluding carboxylic acids is 1. The van der Waals surface area contributed by atoms with E-state index >= 15 is 0 Å². The predicted molar refractivity (Wildman–Crippen MR) is 62.9 cm³/mol. The van der Waals surface area contributed by atoms with E-state index in [1.54, 1.807) is 14.2 Å². The van der Waals surface area contributed by atoms with Gasteiger partial charge < -0.3 is 9.47 Å². The summed E-state index contributed by atoms with van der Waals surface area (Å²) in [5.41, 5.74) is 0.959. The lowest BCUT2D eigenvalue weighted by molar-refractivity contribution is -0.116. The summed E-state index contributed by atoms with van der Waals surface area (Å²) < 4.78 is 10.2. The summed E-state index contributed by atoms with van der Waals surface area (Å²) in [6.45, 7) is 0.320. The zero-order valence-corrected chi connectivity index (χ0v) is 10.2. The van der Waals surface area contributed by atoms with Crippen LogP contribution in [-0.4, -0.2) is 26.1 Å². The van der Waals surface area contributed by atoms with Crippen molar-refractivity contribution in [2.45, 2.75) is 6.42 Å². The highest BCUT2D eigenvalue weighted by atomic mass is 35.5. The average Bonchev–Trinajstić information content (AvgIpc) is 2.29. The molecule has 3 nitrogen and oxygen atoms in total. The molecular formula is C12H15ClO3. The van der Waals surface area contributed by atoms with Crippen molar-refractivity contribution < 1.29 is 14.3 Å². The molecule has 0 fully saturated rings. The third kappa shape index (κ3) is 3.51. The highest BCUT2D eigenvalue weighted by molar-refractivity contribution is 6.64. The smallest absolute Gasteiger partial charge is 0.227 e.